The third-order valence-electron chi connectivity index (χ3n) is 3.71. The lowest BCUT2D eigenvalue weighted by atomic mass is 10.1. The van der Waals surface area contributed by atoms with Crippen LogP contribution < -0.4 is 10.9 Å². The number of hydrogen-bond donors (Lipinski definition) is 1. The van der Waals surface area contributed by atoms with Crippen molar-refractivity contribution in [3.05, 3.63) is 56.8 Å². The molecule has 1 aromatic carbocycles. The minimum absolute atomic E-state index is 0.0660. The monoisotopic (exact) mass is 357 g/mol. The molecule has 0 radical (unpaired) electrons. The second kappa shape index (κ2) is 6.75. The Bertz CT molecular complexity index is 1050. The molecular weight excluding hydrogens is 342 g/mol. The average molecular weight is 357 g/mol. The summed E-state index contributed by atoms with van der Waals surface area (Å²) < 4.78 is 6.09. The van der Waals surface area contributed by atoms with Crippen molar-refractivity contribution >= 4 is 28.4 Å². The Labute approximate surface area is 146 Å². The predicted octanol–water partition coefficient (Wildman–Crippen LogP) is 2.05. The highest BCUT2D eigenvalue weighted by Gasteiger charge is 2.14. The molecule has 3 aromatic rings. The zero-order chi connectivity index (χ0) is 18.8. The highest BCUT2D eigenvalue weighted by Crippen LogP contribution is 2.18. The number of anilines is 1. The topological polar surface area (TPSA) is 133 Å². The van der Waals surface area contributed by atoms with Crippen molar-refractivity contribution in [1.29, 1.82) is 0 Å². The van der Waals surface area contributed by atoms with Crippen LogP contribution in [0.5, 0.6) is 0 Å². The summed E-state index contributed by atoms with van der Waals surface area (Å²) in [4.78, 5) is 38.9. The lowest BCUT2D eigenvalue weighted by molar-refractivity contribution is -0.384. The van der Waals surface area contributed by atoms with Gasteiger partial charge in [-0.15, -0.1) is 0 Å². The molecule has 1 amide bonds. The molecule has 2 heterocycles. The maximum atomic E-state index is 12.5. The molecule has 2 aromatic heterocycles. The van der Waals surface area contributed by atoms with E-state index in [0.29, 0.717) is 11.2 Å². The predicted molar refractivity (Wildman–Crippen MR) is 91.9 cm³/mol. The molecular formula is C16H15N5O5. The molecule has 26 heavy (non-hydrogen) atoms. The van der Waals surface area contributed by atoms with E-state index in [9.17, 15) is 19.7 Å². The molecule has 0 aliphatic carbocycles. The summed E-state index contributed by atoms with van der Waals surface area (Å²) in [5, 5.41) is 17.3. The van der Waals surface area contributed by atoms with E-state index in [2.05, 4.69) is 15.5 Å². The van der Waals surface area contributed by atoms with E-state index in [1.807, 2.05) is 13.8 Å². The van der Waals surface area contributed by atoms with Crippen molar-refractivity contribution in [2.24, 2.45) is 0 Å². The second-order valence-electron chi connectivity index (χ2n) is 5.96. The number of aromatic nitrogens is 3. The molecule has 0 atom stereocenters. The Morgan fingerprint density at radius 2 is 2.15 bits per heavy atom. The van der Waals surface area contributed by atoms with Crippen molar-refractivity contribution in [2.45, 2.75) is 26.3 Å². The van der Waals surface area contributed by atoms with E-state index >= 15 is 0 Å². The highest BCUT2D eigenvalue weighted by molar-refractivity contribution is 5.89. The van der Waals surface area contributed by atoms with Gasteiger partial charge in [0.2, 0.25) is 11.8 Å². The number of nitrogens with one attached hydrogen (secondary N) is 1. The van der Waals surface area contributed by atoms with Gasteiger partial charge in [0.1, 0.15) is 6.54 Å². The Hall–Kier alpha value is -3.56. The normalized spacial score (nSPS) is 11.0. The van der Waals surface area contributed by atoms with Crippen LogP contribution in [0.25, 0.3) is 10.9 Å². The summed E-state index contributed by atoms with van der Waals surface area (Å²) in [5.41, 5.74) is 0.238. The van der Waals surface area contributed by atoms with Crippen LogP contribution in [0.2, 0.25) is 0 Å². The molecule has 0 saturated heterocycles. The molecule has 10 nitrogen and oxygen atoms in total. The van der Waals surface area contributed by atoms with E-state index in [1.54, 1.807) is 6.07 Å². The summed E-state index contributed by atoms with van der Waals surface area (Å²) in [7, 11) is 0. The molecule has 3 rings (SSSR count). The molecule has 0 aliphatic heterocycles. The van der Waals surface area contributed by atoms with Crippen LogP contribution in [0.4, 0.5) is 11.6 Å². The van der Waals surface area contributed by atoms with Gasteiger partial charge in [0.25, 0.3) is 11.2 Å². The Balaban J connectivity index is 1.83. The third kappa shape index (κ3) is 3.43. The van der Waals surface area contributed by atoms with Gasteiger partial charge in [-0.25, -0.2) is 4.98 Å². The highest BCUT2D eigenvalue weighted by atomic mass is 16.6. The number of rotatable bonds is 5. The van der Waals surface area contributed by atoms with Gasteiger partial charge < -0.3 is 4.52 Å². The number of nitro benzene ring substituents is 1. The lowest BCUT2D eigenvalue weighted by Gasteiger charge is -2.06. The number of hydrogen-bond acceptors (Lipinski definition) is 7. The summed E-state index contributed by atoms with van der Waals surface area (Å²) in [6.07, 6.45) is 1.22. The van der Waals surface area contributed by atoms with E-state index in [-0.39, 0.29) is 29.4 Å². The third-order valence-corrected chi connectivity index (χ3v) is 3.71. The van der Waals surface area contributed by atoms with Crippen molar-refractivity contribution < 1.29 is 14.2 Å². The molecule has 0 bridgehead atoms. The smallest absolute Gasteiger partial charge is 0.270 e. The quantitative estimate of drug-likeness (QED) is 0.545. The maximum absolute atomic E-state index is 12.5. The number of nitrogens with zero attached hydrogens (tertiary/aromatic N) is 4. The molecule has 10 heteroatoms. The fourth-order valence-corrected chi connectivity index (χ4v) is 2.32. The van der Waals surface area contributed by atoms with Crippen LogP contribution >= 0.6 is 0 Å². The number of carbonyl (C=O) groups excluding carboxylic acids is 1. The van der Waals surface area contributed by atoms with Crippen molar-refractivity contribution in [3.63, 3.8) is 0 Å². The number of fused-ring (bicyclic) bond motifs is 1. The second-order valence-corrected chi connectivity index (χ2v) is 5.96. The van der Waals surface area contributed by atoms with Crippen LogP contribution in [-0.2, 0) is 11.3 Å². The largest absolute Gasteiger partial charge is 0.338 e. The van der Waals surface area contributed by atoms with Gasteiger partial charge in [-0.2, -0.15) is 0 Å². The maximum Gasteiger partial charge on any atom is 0.270 e. The van der Waals surface area contributed by atoms with Crippen molar-refractivity contribution in [1.82, 2.24) is 14.7 Å². The van der Waals surface area contributed by atoms with E-state index in [4.69, 9.17) is 4.52 Å². The number of nitro groups is 1. The minimum Gasteiger partial charge on any atom is -0.338 e. The molecule has 1 N–H and O–H groups in total. The summed E-state index contributed by atoms with van der Waals surface area (Å²) in [5.74, 6) is -0.186. The molecule has 134 valence electrons. The van der Waals surface area contributed by atoms with Gasteiger partial charge in [-0.1, -0.05) is 19.0 Å². The fraction of sp³-hybridized carbons (Fsp3) is 0.250. The Morgan fingerprint density at radius 1 is 1.38 bits per heavy atom. The SMILES string of the molecule is CC(C)c1cc(NC(=O)Cn2cnc3ccc([N+](=O)[O-])cc3c2=O)on1. The number of non-ortho nitro benzene ring substituents is 1. The fourth-order valence-electron chi connectivity index (χ4n) is 2.32. The molecule has 0 saturated carbocycles. The number of amides is 1. The van der Waals surface area contributed by atoms with Gasteiger partial charge in [0, 0.05) is 18.2 Å². The summed E-state index contributed by atoms with van der Waals surface area (Å²) >= 11 is 0. The van der Waals surface area contributed by atoms with Crippen LogP contribution in [0.15, 0.2) is 39.9 Å². The minimum atomic E-state index is -0.598. The number of benzene rings is 1. The van der Waals surface area contributed by atoms with E-state index in [1.165, 1.54) is 18.5 Å². The molecule has 0 fully saturated rings. The molecule has 0 aliphatic rings. The van der Waals surface area contributed by atoms with Crippen molar-refractivity contribution in [2.75, 3.05) is 5.32 Å². The Kier molecular flexibility index (Phi) is 4.48. The van der Waals surface area contributed by atoms with E-state index < -0.39 is 16.4 Å². The van der Waals surface area contributed by atoms with Crippen LogP contribution in [0, 0.1) is 10.1 Å². The van der Waals surface area contributed by atoms with Crippen LogP contribution in [0.1, 0.15) is 25.5 Å². The first-order valence-electron chi connectivity index (χ1n) is 7.75. The zero-order valence-electron chi connectivity index (χ0n) is 14.0. The van der Waals surface area contributed by atoms with Gasteiger partial charge >= 0.3 is 0 Å². The average Bonchev–Trinajstić information content (AvgIpc) is 3.06. The lowest BCUT2D eigenvalue weighted by Crippen LogP contribution is -2.27. The first kappa shape index (κ1) is 17.3. The molecule has 0 unspecified atom stereocenters. The van der Waals surface area contributed by atoms with Gasteiger partial charge in [0.05, 0.1) is 27.8 Å². The van der Waals surface area contributed by atoms with Gasteiger partial charge in [-0.05, 0) is 12.0 Å². The Morgan fingerprint density at radius 3 is 2.81 bits per heavy atom. The van der Waals surface area contributed by atoms with Crippen LogP contribution in [0.3, 0.4) is 0 Å². The number of carbonyl (C=O) groups is 1. The first-order valence-corrected chi connectivity index (χ1v) is 7.75. The van der Waals surface area contributed by atoms with Gasteiger partial charge in [-0.3, -0.25) is 29.6 Å². The van der Waals surface area contributed by atoms with Gasteiger partial charge in [0.15, 0.2) is 0 Å². The van der Waals surface area contributed by atoms with E-state index in [0.717, 1.165) is 10.6 Å². The zero-order valence-corrected chi connectivity index (χ0v) is 14.0. The first-order chi connectivity index (χ1) is 12.3. The summed E-state index contributed by atoms with van der Waals surface area (Å²) in [6, 6.07) is 5.40. The summed E-state index contributed by atoms with van der Waals surface area (Å²) in [6.45, 7) is 3.55. The van der Waals surface area contributed by atoms with Crippen molar-refractivity contribution in [3.8, 4) is 0 Å². The van der Waals surface area contributed by atoms with Crippen LogP contribution in [-0.4, -0.2) is 25.5 Å². The standard InChI is InChI=1S/C16H15N5O5/c1-9(2)13-6-15(26-19-13)18-14(22)7-20-8-17-12-4-3-10(21(24)25)5-11(12)16(20)23/h3-6,8-9H,7H2,1-2H3,(H,18,22). The molecule has 0 spiro atoms.